The van der Waals surface area contributed by atoms with Crippen molar-refractivity contribution < 1.29 is 23.9 Å². The Kier molecular flexibility index (Phi) is 6.73. The quantitative estimate of drug-likeness (QED) is 0.738. The normalized spacial score (nSPS) is 9.92. The average Bonchev–Trinajstić information content (AvgIpc) is 2.66. The number of rotatable bonds is 7. The molecule has 2 N–H and O–H groups in total. The van der Waals surface area contributed by atoms with Crippen LogP contribution in [-0.4, -0.2) is 38.5 Å². The van der Waals surface area contributed by atoms with E-state index in [1.165, 1.54) is 13.1 Å². The zero-order valence-electron chi connectivity index (χ0n) is 14.6. The summed E-state index contributed by atoms with van der Waals surface area (Å²) in [5, 5.41) is 5.09. The molecule has 0 aliphatic rings. The van der Waals surface area contributed by atoms with Crippen LogP contribution in [0.3, 0.4) is 0 Å². The van der Waals surface area contributed by atoms with Crippen LogP contribution in [0.2, 0.25) is 0 Å². The molecule has 0 bridgehead atoms. The summed E-state index contributed by atoms with van der Waals surface area (Å²) >= 11 is 0. The number of amides is 2. The van der Waals surface area contributed by atoms with Crippen LogP contribution in [0.4, 0.5) is 5.69 Å². The number of carbonyl (C=O) groups is 3. The molecule has 0 spiro atoms. The van der Waals surface area contributed by atoms with Crippen molar-refractivity contribution in [2.24, 2.45) is 0 Å². The third-order valence-electron chi connectivity index (χ3n) is 3.51. The molecule has 2 aromatic carbocycles. The summed E-state index contributed by atoms with van der Waals surface area (Å²) in [4.78, 5) is 35.3. The lowest BCUT2D eigenvalue weighted by Gasteiger charge is -2.08. The lowest BCUT2D eigenvalue weighted by atomic mass is 10.1. The predicted molar refractivity (Wildman–Crippen MR) is 96.1 cm³/mol. The monoisotopic (exact) mass is 356 g/mol. The summed E-state index contributed by atoms with van der Waals surface area (Å²) in [6.45, 7) is -0.404. The lowest BCUT2D eigenvalue weighted by molar-refractivity contribution is -0.146. The molecule has 2 amide bonds. The van der Waals surface area contributed by atoms with Gasteiger partial charge in [0.1, 0.15) is 5.75 Å². The van der Waals surface area contributed by atoms with Crippen molar-refractivity contribution in [3.63, 3.8) is 0 Å². The predicted octanol–water partition coefficient (Wildman–Crippen LogP) is 1.78. The van der Waals surface area contributed by atoms with E-state index in [2.05, 4.69) is 10.6 Å². The van der Waals surface area contributed by atoms with Crippen molar-refractivity contribution in [3.05, 3.63) is 59.7 Å². The summed E-state index contributed by atoms with van der Waals surface area (Å²) in [7, 11) is 3.09. The number of hydrogen-bond donors (Lipinski definition) is 2. The van der Waals surface area contributed by atoms with Gasteiger partial charge in [-0.15, -0.1) is 0 Å². The first-order valence-electron chi connectivity index (χ1n) is 7.92. The minimum atomic E-state index is -0.510. The summed E-state index contributed by atoms with van der Waals surface area (Å²) in [6.07, 6.45) is 0.0590. The van der Waals surface area contributed by atoms with E-state index < -0.39 is 18.5 Å². The van der Waals surface area contributed by atoms with Gasteiger partial charge in [-0.05, 0) is 35.9 Å². The first kappa shape index (κ1) is 19.0. The molecule has 0 atom stereocenters. The SMILES string of the molecule is CNC(=O)c1cccc(NC(=O)COC(=O)Cc2ccc(OC)cc2)c1. The molecule has 0 heterocycles. The van der Waals surface area contributed by atoms with Crippen LogP contribution in [0.25, 0.3) is 0 Å². The third kappa shape index (κ3) is 5.62. The Bertz CT molecular complexity index is 787. The fourth-order valence-electron chi connectivity index (χ4n) is 2.19. The van der Waals surface area contributed by atoms with Gasteiger partial charge in [0, 0.05) is 18.3 Å². The molecule has 0 saturated carbocycles. The smallest absolute Gasteiger partial charge is 0.310 e. The third-order valence-corrected chi connectivity index (χ3v) is 3.51. The Labute approximate surface area is 151 Å². The first-order chi connectivity index (χ1) is 12.5. The zero-order chi connectivity index (χ0) is 18.9. The molecule has 0 aliphatic heterocycles. The molecule has 7 nitrogen and oxygen atoms in total. The fourth-order valence-corrected chi connectivity index (χ4v) is 2.19. The van der Waals surface area contributed by atoms with Crippen LogP contribution in [0, 0.1) is 0 Å². The second-order valence-corrected chi connectivity index (χ2v) is 5.39. The van der Waals surface area contributed by atoms with Gasteiger partial charge in [-0.2, -0.15) is 0 Å². The van der Waals surface area contributed by atoms with E-state index in [1.54, 1.807) is 49.6 Å². The minimum Gasteiger partial charge on any atom is -0.497 e. The Morgan fingerprint density at radius 3 is 2.42 bits per heavy atom. The van der Waals surface area contributed by atoms with E-state index >= 15 is 0 Å². The van der Waals surface area contributed by atoms with Crippen molar-refractivity contribution in [1.29, 1.82) is 0 Å². The molecule has 2 rings (SSSR count). The van der Waals surface area contributed by atoms with Crippen molar-refractivity contribution in [1.82, 2.24) is 5.32 Å². The maximum absolute atomic E-state index is 11.9. The van der Waals surface area contributed by atoms with Gasteiger partial charge in [0.05, 0.1) is 13.5 Å². The molecule has 0 radical (unpaired) electrons. The lowest BCUT2D eigenvalue weighted by Crippen LogP contribution is -2.22. The number of esters is 1. The van der Waals surface area contributed by atoms with E-state index in [4.69, 9.17) is 9.47 Å². The van der Waals surface area contributed by atoms with Crippen LogP contribution in [0.1, 0.15) is 15.9 Å². The summed E-state index contributed by atoms with van der Waals surface area (Å²) in [5.74, 6) is -0.556. The van der Waals surface area contributed by atoms with Gasteiger partial charge in [-0.3, -0.25) is 14.4 Å². The molecule has 136 valence electrons. The molecule has 26 heavy (non-hydrogen) atoms. The molecule has 0 aromatic heterocycles. The Morgan fingerprint density at radius 2 is 1.77 bits per heavy atom. The number of benzene rings is 2. The number of methoxy groups -OCH3 is 1. The maximum atomic E-state index is 11.9. The van der Waals surface area contributed by atoms with Gasteiger partial charge in [0.2, 0.25) is 0 Å². The van der Waals surface area contributed by atoms with E-state index in [0.717, 1.165) is 5.56 Å². The van der Waals surface area contributed by atoms with Gasteiger partial charge in [-0.1, -0.05) is 18.2 Å². The number of nitrogens with one attached hydrogen (secondary N) is 2. The Hall–Kier alpha value is -3.35. The molecule has 0 unspecified atom stereocenters. The van der Waals surface area contributed by atoms with E-state index in [1.807, 2.05) is 0 Å². The van der Waals surface area contributed by atoms with Crippen molar-refractivity contribution in [2.45, 2.75) is 6.42 Å². The van der Waals surface area contributed by atoms with Gasteiger partial charge >= 0.3 is 5.97 Å². The van der Waals surface area contributed by atoms with Crippen molar-refractivity contribution in [2.75, 3.05) is 26.1 Å². The maximum Gasteiger partial charge on any atom is 0.310 e. The van der Waals surface area contributed by atoms with Crippen LogP contribution >= 0.6 is 0 Å². The number of hydrogen-bond acceptors (Lipinski definition) is 5. The summed E-state index contributed by atoms with van der Waals surface area (Å²) in [6, 6.07) is 13.5. The van der Waals surface area contributed by atoms with Crippen molar-refractivity contribution >= 4 is 23.5 Å². The van der Waals surface area contributed by atoms with Gasteiger partial charge in [-0.25, -0.2) is 0 Å². The second kappa shape index (κ2) is 9.22. The molecule has 2 aromatic rings. The Balaban J connectivity index is 1.82. The molecule has 0 aliphatic carbocycles. The first-order valence-corrected chi connectivity index (χ1v) is 7.92. The standard InChI is InChI=1S/C19H20N2O5/c1-20-19(24)14-4-3-5-15(11-14)21-17(22)12-26-18(23)10-13-6-8-16(25-2)9-7-13/h3-9,11H,10,12H2,1-2H3,(H,20,24)(H,21,22). The average molecular weight is 356 g/mol. The second-order valence-electron chi connectivity index (χ2n) is 5.39. The highest BCUT2D eigenvalue weighted by Crippen LogP contribution is 2.12. The number of anilines is 1. The molecular formula is C19H20N2O5. The van der Waals surface area contributed by atoms with Crippen LogP contribution in [0.5, 0.6) is 5.75 Å². The molecule has 0 saturated heterocycles. The van der Waals surface area contributed by atoms with E-state index in [0.29, 0.717) is 17.0 Å². The van der Waals surface area contributed by atoms with E-state index in [9.17, 15) is 14.4 Å². The van der Waals surface area contributed by atoms with Gasteiger partial charge < -0.3 is 20.1 Å². The highest BCUT2D eigenvalue weighted by Gasteiger charge is 2.10. The van der Waals surface area contributed by atoms with Crippen LogP contribution in [0.15, 0.2) is 48.5 Å². The number of ether oxygens (including phenoxy) is 2. The Morgan fingerprint density at radius 1 is 1.04 bits per heavy atom. The van der Waals surface area contributed by atoms with Gasteiger partial charge in [0.25, 0.3) is 11.8 Å². The largest absolute Gasteiger partial charge is 0.497 e. The highest BCUT2D eigenvalue weighted by molar-refractivity contribution is 5.97. The highest BCUT2D eigenvalue weighted by atomic mass is 16.5. The summed E-state index contributed by atoms with van der Waals surface area (Å²) in [5.41, 5.74) is 1.62. The molecule has 7 heteroatoms. The van der Waals surface area contributed by atoms with Gasteiger partial charge in [0.15, 0.2) is 6.61 Å². The minimum absolute atomic E-state index is 0.0590. The molecular weight excluding hydrogens is 336 g/mol. The fraction of sp³-hybridized carbons (Fsp3) is 0.211. The van der Waals surface area contributed by atoms with Crippen molar-refractivity contribution in [3.8, 4) is 5.75 Å². The summed E-state index contributed by atoms with van der Waals surface area (Å²) < 4.78 is 10.0. The van der Waals surface area contributed by atoms with Crippen LogP contribution in [-0.2, 0) is 20.7 Å². The topological polar surface area (TPSA) is 93.7 Å². The zero-order valence-corrected chi connectivity index (χ0v) is 14.6. The number of carbonyl (C=O) groups excluding carboxylic acids is 3. The van der Waals surface area contributed by atoms with E-state index in [-0.39, 0.29) is 12.3 Å². The van der Waals surface area contributed by atoms with Crippen LogP contribution < -0.4 is 15.4 Å². The molecule has 0 fully saturated rings.